The Bertz CT molecular complexity index is 705. The van der Waals surface area contributed by atoms with Crippen LogP contribution in [-0.2, 0) is 4.79 Å². The number of nitrogens with zero attached hydrogens (tertiary/aromatic N) is 3. The number of imide groups is 1. The van der Waals surface area contributed by atoms with E-state index in [-0.39, 0.29) is 5.75 Å². The maximum absolute atomic E-state index is 11.5. The number of nitrogens with one attached hydrogen (secondary N) is 2. The van der Waals surface area contributed by atoms with Crippen molar-refractivity contribution in [2.24, 2.45) is 0 Å². The van der Waals surface area contributed by atoms with E-state index in [2.05, 4.69) is 20.8 Å². The fourth-order valence-corrected chi connectivity index (χ4v) is 2.43. The number of nitrogen functional groups attached to an aromatic ring is 1. The van der Waals surface area contributed by atoms with Crippen LogP contribution in [0.3, 0.4) is 0 Å². The molecule has 10 heteroatoms. The van der Waals surface area contributed by atoms with E-state index < -0.39 is 11.9 Å². The van der Waals surface area contributed by atoms with Gasteiger partial charge in [-0.1, -0.05) is 35.5 Å². The topological polar surface area (TPSA) is 115 Å². The monoisotopic (exact) mass is 340 g/mol. The van der Waals surface area contributed by atoms with E-state index in [1.807, 2.05) is 0 Å². The Hall–Kier alpha value is -2.26. The summed E-state index contributed by atoms with van der Waals surface area (Å²) >= 11 is 7.15. The van der Waals surface area contributed by atoms with Crippen LogP contribution in [0.2, 0.25) is 5.02 Å². The first kappa shape index (κ1) is 16.1. The standard InChI is InChI=1S/C12H13ClN6O2S/c1-15-11(21)16-9(20)6-22-12-18-17-10(19(12)14)7-4-2-3-5-8(7)13/h2-5H,6,14H2,1H3,(H2,15,16,20,21). The predicted octanol–water partition coefficient (Wildman–Crippen LogP) is 0.860. The lowest BCUT2D eigenvalue weighted by Crippen LogP contribution is -2.38. The van der Waals surface area contributed by atoms with Crippen molar-refractivity contribution in [3.05, 3.63) is 29.3 Å². The molecule has 0 saturated heterocycles. The number of rotatable bonds is 4. The first-order valence-corrected chi connectivity index (χ1v) is 7.49. The van der Waals surface area contributed by atoms with Gasteiger partial charge in [0.1, 0.15) is 0 Å². The summed E-state index contributed by atoms with van der Waals surface area (Å²) in [6, 6.07) is 6.51. The average Bonchev–Trinajstić information content (AvgIpc) is 2.86. The summed E-state index contributed by atoms with van der Waals surface area (Å²) in [5.41, 5.74) is 0.640. The number of amides is 3. The third-order valence-corrected chi connectivity index (χ3v) is 3.86. The molecule has 0 bridgehead atoms. The van der Waals surface area contributed by atoms with E-state index in [0.29, 0.717) is 21.6 Å². The average molecular weight is 341 g/mol. The summed E-state index contributed by atoms with van der Waals surface area (Å²) < 4.78 is 1.25. The Morgan fingerprint density at radius 3 is 2.77 bits per heavy atom. The van der Waals surface area contributed by atoms with Gasteiger partial charge in [-0.2, -0.15) is 0 Å². The number of hydrogen-bond acceptors (Lipinski definition) is 6. The number of halogens is 1. The fourth-order valence-electron chi connectivity index (χ4n) is 1.56. The van der Waals surface area contributed by atoms with Crippen LogP contribution in [0.4, 0.5) is 4.79 Å². The molecule has 1 aromatic carbocycles. The highest BCUT2D eigenvalue weighted by atomic mass is 35.5. The van der Waals surface area contributed by atoms with Crippen molar-refractivity contribution in [2.75, 3.05) is 18.6 Å². The van der Waals surface area contributed by atoms with Crippen LogP contribution in [0.15, 0.2) is 29.4 Å². The van der Waals surface area contributed by atoms with Crippen LogP contribution in [0, 0.1) is 0 Å². The molecule has 2 rings (SSSR count). The van der Waals surface area contributed by atoms with Crippen molar-refractivity contribution in [3.63, 3.8) is 0 Å². The number of carbonyl (C=O) groups excluding carboxylic acids is 2. The molecule has 1 aromatic heterocycles. The second kappa shape index (κ2) is 7.14. The lowest BCUT2D eigenvalue weighted by molar-refractivity contribution is -0.117. The minimum Gasteiger partial charge on any atom is -0.341 e. The Labute approximate surface area is 135 Å². The number of nitrogens with two attached hydrogens (primary N) is 1. The molecule has 1 heterocycles. The zero-order valence-corrected chi connectivity index (χ0v) is 13.1. The highest BCUT2D eigenvalue weighted by Crippen LogP contribution is 2.27. The number of benzene rings is 1. The minimum absolute atomic E-state index is 0.0225. The molecule has 0 aliphatic rings. The lowest BCUT2D eigenvalue weighted by Gasteiger charge is -2.05. The molecule has 0 aliphatic heterocycles. The molecule has 0 aliphatic carbocycles. The number of hydrogen-bond donors (Lipinski definition) is 3. The van der Waals surface area contributed by atoms with Gasteiger partial charge in [-0.15, -0.1) is 10.2 Å². The van der Waals surface area contributed by atoms with E-state index >= 15 is 0 Å². The summed E-state index contributed by atoms with van der Waals surface area (Å²) in [6.45, 7) is 0. The first-order chi connectivity index (χ1) is 10.5. The normalized spacial score (nSPS) is 10.3. The van der Waals surface area contributed by atoms with Gasteiger partial charge in [0.15, 0.2) is 5.82 Å². The van der Waals surface area contributed by atoms with Gasteiger partial charge in [-0.05, 0) is 12.1 Å². The molecule has 0 saturated carbocycles. The molecule has 2 aromatic rings. The van der Waals surface area contributed by atoms with Gasteiger partial charge in [0.05, 0.1) is 10.8 Å². The van der Waals surface area contributed by atoms with E-state index in [1.54, 1.807) is 24.3 Å². The van der Waals surface area contributed by atoms with Gasteiger partial charge >= 0.3 is 6.03 Å². The molecular weight excluding hydrogens is 328 g/mol. The molecule has 8 nitrogen and oxygen atoms in total. The van der Waals surface area contributed by atoms with Crippen LogP contribution < -0.4 is 16.5 Å². The van der Waals surface area contributed by atoms with E-state index in [1.165, 1.54) is 11.7 Å². The molecule has 0 unspecified atom stereocenters. The maximum Gasteiger partial charge on any atom is 0.321 e. The Morgan fingerprint density at radius 1 is 1.36 bits per heavy atom. The molecule has 3 amide bonds. The summed E-state index contributed by atoms with van der Waals surface area (Å²) in [5, 5.41) is 13.1. The number of aromatic nitrogens is 3. The van der Waals surface area contributed by atoms with Gasteiger partial charge in [0.2, 0.25) is 11.1 Å². The highest BCUT2D eigenvalue weighted by Gasteiger charge is 2.16. The molecule has 0 spiro atoms. The summed E-state index contributed by atoms with van der Waals surface area (Å²) in [4.78, 5) is 22.5. The smallest absolute Gasteiger partial charge is 0.321 e. The largest absolute Gasteiger partial charge is 0.341 e. The van der Waals surface area contributed by atoms with E-state index in [9.17, 15) is 9.59 Å². The Kier molecular flexibility index (Phi) is 5.23. The Morgan fingerprint density at radius 2 is 2.09 bits per heavy atom. The first-order valence-electron chi connectivity index (χ1n) is 6.12. The molecular formula is C12H13ClN6O2S. The van der Waals surface area contributed by atoms with Gasteiger partial charge < -0.3 is 11.2 Å². The second-order valence-corrected chi connectivity index (χ2v) is 5.42. The summed E-state index contributed by atoms with van der Waals surface area (Å²) in [5.74, 6) is 5.82. The predicted molar refractivity (Wildman–Crippen MR) is 83.9 cm³/mol. The van der Waals surface area contributed by atoms with Crippen LogP contribution in [0.1, 0.15) is 0 Å². The van der Waals surface area contributed by atoms with Crippen molar-refractivity contribution in [1.82, 2.24) is 25.5 Å². The van der Waals surface area contributed by atoms with Crippen LogP contribution >= 0.6 is 23.4 Å². The summed E-state index contributed by atoms with van der Waals surface area (Å²) in [6.07, 6.45) is 0. The number of thioether (sulfide) groups is 1. The molecule has 0 atom stereocenters. The van der Waals surface area contributed by atoms with Crippen molar-refractivity contribution in [1.29, 1.82) is 0 Å². The third kappa shape index (κ3) is 3.68. The van der Waals surface area contributed by atoms with Crippen molar-refractivity contribution >= 4 is 35.3 Å². The molecule has 22 heavy (non-hydrogen) atoms. The van der Waals surface area contributed by atoms with Gasteiger partial charge in [-0.3, -0.25) is 10.1 Å². The molecule has 0 radical (unpaired) electrons. The fraction of sp³-hybridized carbons (Fsp3) is 0.167. The van der Waals surface area contributed by atoms with E-state index in [4.69, 9.17) is 17.4 Å². The highest BCUT2D eigenvalue weighted by molar-refractivity contribution is 7.99. The Balaban J connectivity index is 2.07. The van der Waals surface area contributed by atoms with Gasteiger partial charge in [-0.25, -0.2) is 9.47 Å². The SMILES string of the molecule is CNC(=O)NC(=O)CSc1nnc(-c2ccccc2Cl)n1N. The van der Waals surface area contributed by atoms with Crippen LogP contribution in [0.5, 0.6) is 0 Å². The molecule has 4 N–H and O–H groups in total. The number of carbonyl (C=O) groups is 2. The quantitative estimate of drug-likeness (QED) is 0.561. The lowest BCUT2D eigenvalue weighted by atomic mass is 10.2. The van der Waals surface area contributed by atoms with Gasteiger partial charge in [0.25, 0.3) is 0 Å². The number of urea groups is 1. The van der Waals surface area contributed by atoms with Crippen molar-refractivity contribution in [2.45, 2.75) is 5.16 Å². The summed E-state index contributed by atoms with van der Waals surface area (Å²) in [7, 11) is 1.42. The van der Waals surface area contributed by atoms with E-state index in [0.717, 1.165) is 11.8 Å². The van der Waals surface area contributed by atoms with Gasteiger partial charge in [0, 0.05) is 12.6 Å². The van der Waals surface area contributed by atoms with Crippen molar-refractivity contribution in [3.8, 4) is 11.4 Å². The second-order valence-electron chi connectivity index (χ2n) is 4.07. The molecule has 0 fully saturated rings. The minimum atomic E-state index is -0.573. The maximum atomic E-state index is 11.5. The third-order valence-electron chi connectivity index (χ3n) is 2.59. The van der Waals surface area contributed by atoms with Crippen LogP contribution in [0.25, 0.3) is 11.4 Å². The zero-order valence-electron chi connectivity index (χ0n) is 11.5. The van der Waals surface area contributed by atoms with Crippen molar-refractivity contribution < 1.29 is 9.59 Å². The van der Waals surface area contributed by atoms with Crippen LogP contribution in [-0.4, -0.2) is 39.6 Å². The molecule has 116 valence electrons. The zero-order chi connectivity index (χ0) is 16.1.